The van der Waals surface area contributed by atoms with E-state index in [1.54, 1.807) is 18.2 Å². The zero-order chi connectivity index (χ0) is 19.6. The highest BCUT2D eigenvalue weighted by molar-refractivity contribution is 7.92. The number of benzene rings is 3. The van der Waals surface area contributed by atoms with Crippen LogP contribution in [0.3, 0.4) is 0 Å². The van der Waals surface area contributed by atoms with Crippen molar-refractivity contribution in [2.75, 3.05) is 4.72 Å². The molecule has 0 radical (unpaired) electrons. The second kappa shape index (κ2) is 7.53. The first kappa shape index (κ1) is 18.3. The second-order valence-electron chi connectivity index (χ2n) is 6.02. The molecule has 0 bridgehead atoms. The van der Waals surface area contributed by atoms with Crippen molar-refractivity contribution in [3.05, 3.63) is 90.1 Å². The smallest absolute Gasteiger partial charge is 0.264 e. The van der Waals surface area contributed by atoms with Gasteiger partial charge in [0.1, 0.15) is 15.7 Å². The third-order valence-corrected chi connectivity index (χ3v) is 6.37. The highest BCUT2D eigenvalue weighted by Gasteiger charge is 2.19. The lowest BCUT2D eigenvalue weighted by atomic mass is 10.1. The number of hydrogen-bond donors (Lipinski definition) is 1. The first-order valence-corrected chi connectivity index (χ1v) is 10.8. The van der Waals surface area contributed by atoms with Crippen LogP contribution in [0.15, 0.2) is 89.1 Å². The number of hydrogen-bond acceptors (Lipinski definition) is 4. The minimum Gasteiger partial charge on any atom is -0.280 e. The van der Waals surface area contributed by atoms with E-state index in [2.05, 4.69) is 9.71 Å². The number of thiazole rings is 1. The quantitative estimate of drug-likeness (QED) is 0.478. The Balaban J connectivity index is 1.62. The molecule has 28 heavy (non-hydrogen) atoms. The number of halogens is 1. The molecule has 0 fully saturated rings. The van der Waals surface area contributed by atoms with Crippen molar-refractivity contribution >= 4 is 27.0 Å². The summed E-state index contributed by atoms with van der Waals surface area (Å²) in [5.74, 6) is -0.793. The van der Waals surface area contributed by atoms with E-state index in [0.717, 1.165) is 27.9 Å². The Hall–Kier alpha value is -3.03. The maximum absolute atomic E-state index is 13.9. The molecule has 0 spiro atoms. The van der Waals surface area contributed by atoms with E-state index in [0.29, 0.717) is 5.69 Å². The van der Waals surface area contributed by atoms with Crippen LogP contribution in [0.25, 0.3) is 21.8 Å². The Kier molecular flexibility index (Phi) is 4.93. The molecule has 4 rings (SSSR count). The minimum atomic E-state index is -4.02. The molecular weight excluding hydrogens is 395 g/mol. The first-order chi connectivity index (χ1) is 13.5. The third kappa shape index (κ3) is 3.81. The number of aromatic nitrogens is 1. The van der Waals surface area contributed by atoms with Gasteiger partial charge in [0.15, 0.2) is 0 Å². The Morgan fingerprint density at radius 3 is 2.36 bits per heavy atom. The molecule has 0 saturated heterocycles. The number of nitrogens with one attached hydrogen (secondary N) is 1. The summed E-state index contributed by atoms with van der Waals surface area (Å²) in [4.78, 5) is 4.25. The summed E-state index contributed by atoms with van der Waals surface area (Å²) in [5.41, 5.74) is 2.88. The third-order valence-electron chi connectivity index (χ3n) is 4.06. The average Bonchev–Trinajstić information content (AvgIpc) is 3.19. The maximum atomic E-state index is 13.9. The van der Waals surface area contributed by atoms with E-state index in [9.17, 15) is 12.8 Å². The zero-order valence-corrected chi connectivity index (χ0v) is 16.2. The van der Waals surface area contributed by atoms with Crippen molar-refractivity contribution in [3.63, 3.8) is 0 Å². The van der Waals surface area contributed by atoms with Crippen molar-refractivity contribution in [3.8, 4) is 21.8 Å². The maximum Gasteiger partial charge on any atom is 0.264 e. The Morgan fingerprint density at radius 2 is 1.57 bits per heavy atom. The largest absolute Gasteiger partial charge is 0.280 e. The summed E-state index contributed by atoms with van der Waals surface area (Å²) < 4.78 is 41.3. The summed E-state index contributed by atoms with van der Waals surface area (Å²) in [6.45, 7) is 0. The Labute approximate surface area is 166 Å². The molecule has 4 aromatic rings. The summed E-state index contributed by atoms with van der Waals surface area (Å²) in [6, 6.07) is 22.0. The van der Waals surface area contributed by atoms with Crippen molar-refractivity contribution in [1.29, 1.82) is 0 Å². The van der Waals surface area contributed by atoms with Gasteiger partial charge in [-0.1, -0.05) is 54.6 Å². The van der Waals surface area contributed by atoms with Crippen LogP contribution < -0.4 is 4.72 Å². The summed E-state index contributed by atoms with van der Waals surface area (Å²) in [7, 11) is -4.02. The van der Waals surface area contributed by atoms with Gasteiger partial charge in [-0.2, -0.15) is 0 Å². The van der Waals surface area contributed by atoms with Gasteiger partial charge in [-0.3, -0.25) is 4.72 Å². The zero-order valence-electron chi connectivity index (χ0n) is 14.5. The van der Waals surface area contributed by atoms with Gasteiger partial charge in [-0.05, 0) is 24.3 Å². The summed E-state index contributed by atoms with van der Waals surface area (Å²) >= 11 is 1.52. The lowest BCUT2D eigenvalue weighted by molar-refractivity contribution is 0.570. The van der Waals surface area contributed by atoms with Crippen molar-refractivity contribution in [1.82, 2.24) is 4.98 Å². The number of anilines is 1. The Bertz CT molecular complexity index is 1220. The fourth-order valence-corrected chi connectivity index (χ4v) is 4.70. The van der Waals surface area contributed by atoms with Crippen LogP contribution in [-0.4, -0.2) is 13.4 Å². The fourth-order valence-electron chi connectivity index (χ4n) is 2.73. The summed E-state index contributed by atoms with van der Waals surface area (Å²) in [6.07, 6.45) is 0. The van der Waals surface area contributed by atoms with Gasteiger partial charge in [0.2, 0.25) is 0 Å². The van der Waals surface area contributed by atoms with E-state index in [-0.39, 0.29) is 4.90 Å². The van der Waals surface area contributed by atoms with E-state index >= 15 is 0 Å². The van der Waals surface area contributed by atoms with Crippen molar-refractivity contribution in [2.24, 2.45) is 0 Å². The molecule has 7 heteroatoms. The van der Waals surface area contributed by atoms with E-state index < -0.39 is 15.8 Å². The van der Waals surface area contributed by atoms with Gasteiger partial charge in [0, 0.05) is 22.2 Å². The molecule has 0 unspecified atom stereocenters. The van der Waals surface area contributed by atoms with Crippen LogP contribution in [0.2, 0.25) is 0 Å². The number of sulfonamides is 1. The topological polar surface area (TPSA) is 59.1 Å². The van der Waals surface area contributed by atoms with Crippen LogP contribution in [0, 0.1) is 5.82 Å². The van der Waals surface area contributed by atoms with Crippen LogP contribution in [0.4, 0.5) is 10.1 Å². The molecule has 0 aliphatic rings. The van der Waals surface area contributed by atoms with Gasteiger partial charge < -0.3 is 0 Å². The van der Waals surface area contributed by atoms with Gasteiger partial charge in [0.25, 0.3) is 10.0 Å². The van der Waals surface area contributed by atoms with Gasteiger partial charge >= 0.3 is 0 Å². The fraction of sp³-hybridized carbons (Fsp3) is 0. The SMILES string of the molecule is O=S(=O)(Nc1cccc(-c2csc(-c3ccccc3)n2)c1)c1ccccc1F. The molecule has 0 aliphatic carbocycles. The van der Waals surface area contributed by atoms with Gasteiger partial charge in [-0.15, -0.1) is 11.3 Å². The molecule has 1 heterocycles. The molecule has 0 amide bonds. The molecule has 4 nitrogen and oxygen atoms in total. The second-order valence-corrected chi connectivity index (χ2v) is 8.53. The first-order valence-electron chi connectivity index (χ1n) is 8.42. The number of nitrogens with zero attached hydrogens (tertiary/aromatic N) is 1. The van der Waals surface area contributed by atoms with Crippen molar-refractivity contribution < 1.29 is 12.8 Å². The van der Waals surface area contributed by atoms with E-state index in [4.69, 9.17) is 0 Å². The lowest BCUT2D eigenvalue weighted by Gasteiger charge is -2.09. The van der Waals surface area contributed by atoms with Crippen LogP contribution >= 0.6 is 11.3 Å². The van der Waals surface area contributed by atoms with E-state index in [1.807, 2.05) is 41.8 Å². The molecule has 140 valence electrons. The molecule has 0 atom stereocenters. The molecule has 3 aromatic carbocycles. The minimum absolute atomic E-state index is 0.343. The number of rotatable bonds is 5. The standard InChI is InChI=1S/C21H15FN2O2S2/c22-18-11-4-5-12-20(18)28(25,26)24-17-10-6-9-16(13-17)19-14-27-21(23-19)15-7-2-1-3-8-15/h1-14,24H. The monoisotopic (exact) mass is 410 g/mol. The van der Waals surface area contributed by atoms with Crippen LogP contribution in [0.1, 0.15) is 0 Å². The highest BCUT2D eigenvalue weighted by Crippen LogP contribution is 2.30. The predicted octanol–water partition coefficient (Wildman–Crippen LogP) is 5.42. The van der Waals surface area contributed by atoms with Crippen LogP contribution in [0.5, 0.6) is 0 Å². The van der Waals surface area contributed by atoms with Gasteiger partial charge in [0.05, 0.1) is 5.69 Å². The van der Waals surface area contributed by atoms with Crippen molar-refractivity contribution in [2.45, 2.75) is 4.90 Å². The average molecular weight is 410 g/mol. The van der Waals surface area contributed by atoms with Crippen LogP contribution in [-0.2, 0) is 10.0 Å². The predicted molar refractivity (Wildman–Crippen MR) is 110 cm³/mol. The molecule has 0 aliphatic heterocycles. The Morgan fingerprint density at radius 1 is 0.857 bits per heavy atom. The molecule has 1 N–H and O–H groups in total. The molecular formula is C21H15FN2O2S2. The molecule has 0 saturated carbocycles. The van der Waals surface area contributed by atoms with E-state index in [1.165, 1.54) is 29.5 Å². The highest BCUT2D eigenvalue weighted by atomic mass is 32.2. The van der Waals surface area contributed by atoms with Gasteiger partial charge in [-0.25, -0.2) is 17.8 Å². The molecule has 1 aromatic heterocycles. The lowest BCUT2D eigenvalue weighted by Crippen LogP contribution is -2.14. The summed E-state index contributed by atoms with van der Waals surface area (Å²) in [5, 5.41) is 2.81. The normalized spacial score (nSPS) is 11.3.